The van der Waals surface area contributed by atoms with Crippen molar-refractivity contribution in [3.8, 4) is 0 Å². The molecular formula is C12H15BrN2O. The predicted octanol–water partition coefficient (Wildman–Crippen LogP) is 3.21. The Morgan fingerprint density at radius 2 is 2.00 bits per heavy atom. The lowest BCUT2D eigenvalue weighted by Crippen LogP contribution is -2.20. The van der Waals surface area contributed by atoms with Crippen LogP contribution in [0.2, 0.25) is 0 Å². The van der Waals surface area contributed by atoms with Gasteiger partial charge in [-0.1, -0.05) is 26.0 Å². The van der Waals surface area contributed by atoms with Crippen LogP contribution in [0, 0.1) is 5.92 Å². The molecule has 86 valence electrons. The summed E-state index contributed by atoms with van der Waals surface area (Å²) in [5.74, 6) is 0.131. The van der Waals surface area contributed by atoms with Gasteiger partial charge in [-0.2, -0.15) is 5.10 Å². The molecule has 0 fully saturated rings. The molecular weight excluding hydrogens is 268 g/mol. The summed E-state index contributed by atoms with van der Waals surface area (Å²) in [6, 6.07) is 7.26. The molecule has 3 nitrogen and oxygen atoms in total. The molecule has 1 rings (SSSR count). The molecule has 0 spiro atoms. The third-order valence-electron chi connectivity index (χ3n) is 2.29. The van der Waals surface area contributed by atoms with Gasteiger partial charge in [0.05, 0.1) is 5.56 Å². The zero-order valence-electron chi connectivity index (χ0n) is 9.62. The van der Waals surface area contributed by atoms with Crippen molar-refractivity contribution >= 4 is 27.5 Å². The summed E-state index contributed by atoms with van der Waals surface area (Å²) in [4.78, 5) is 11.7. The number of carbonyl (C=O) groups excluding carboxylic acids is 1. The maximum atomic E-state index is 11.7. The van der Waals surface area contributed by atoms with E-state index in [0.29, 0.717) is 11.5 Å². The molecule has 0 heterocycles. The van der Waals surface area contributed by atoms with E-state index < -0.39 is 0 Å². The maximum Gasteiger partial charge on any atom is 0.272 e. The molecule has 0 bridgehead atoms. The van der Waals surface area contributed by atoms with Gasteiger partial charge in [0.15, 0.2) is 0 Å². The number of hydrogen-bond donors (Lipinski definition) is 1. The van der Waals surface area contributed by atoms with E-state index in [4.69, 9.17) is 0 Å². The smallest absolute Gasteiger partial charge is 0.267 e. The van der Waals surface area contributed by atoms with Crippen molar-refractivity contribution in [2.24, 2.45) is 11.0 Å². The highest BCUT2D eigenvalue weighted by Crippen LogP contribution is 2.15. The van der Waals surface area contributed by atoms with Gasteiger partial charge in [-0.3, -0.25) is 4.79 Å². The monoisotopic (exact) mass is 282 g/mol. The highest BCUT2D eigenvalue weighted by Gasteiger charge is 2.08. The fraction of sp³-hybridized carbons (Fsp3) is 0.333. The summed E-state index contributed by atoms with van der Waals surface area (Å²) in [5.41, 5.74) is 4.03. The summed E-state index contributed by atoms with van der Waals surface area (Å²) in [6.07, 6.45) is 0. The number of benzene rings is 1. The molecule has 1 amide bonds. The molecule has 1 aromatic rings. The van der Waals surface area contributed by atoms with E-state index in [1.165, 1.54) is 0 Å². The first kappa shape index (κ1) is 12.9. The van der Waals surface area contributed by atoms with Crippen LogP contribution in [0.1, 0.15) is 31.1 Å². The average molecular weight is 283 g/mol. The quantitative estimate of drug-likeness (QED) is 0.671. The van der Waals surface area contributed by atoms with E-state index in [1.54, 1.807) is 6.07 Å². The number of carbonyl (C=O) groups is 1. The number of halogens is 1. The molecule has 0 saturated carbocycles. The topological polar surface area (TPSA) is 41.5 Å². The lowest BCUT2D eigenvalue weighted by Gasteiger charge is -2.05. The van der Waals surface area contributed by atoms with Gasteiger partial charge in [-0.05, 0) is 40.9 Å². The lowest BCUT2D eigenvalue weighted by atomic mass is 10.1. The number of nitrogens with zero attached hydrogens (tertiary/aromatic N) is 1. The molecule has 0 aliphatic carbocycles. The van der Waals surface area contributed by atoms with E-state index in [1.807, 2.05) is 39.0 Å². The fourth-order valence-electron chi connectivity index (χ4n) is 0.974. The van der Waals surface area contributed by atoms with Crippen LogP contribution in [0.4, 0.5) is 0 Å². The number of rotatable bonds is 3. The third-order valence-corrected chi connectivity index (χ3v) is 2.98. The number of amides is 1. The van der Waals surface area contributed by atoms with Gasteiger partial charge < -0.3 is 0 Å². The largest absolute Gasteiger partial charge is 0.272 e. The van der Waals surface area contributed by atoms with Crippen LogP contribution in [0.5, 0.6) is 0 Å². The van der Waals surface area contributed by atoms with Crippen LogP contribution in [-0.2, 0) is 0 Å². The first-order chi connectivity index (χ1) is 7.52. The molecule has 0 aliphatic heterocycles. The Morgan fingerprint density at radius 3 is 2.56 bits per heavy atom. The molecule has 0 radical (unpaired) electrons. The Bertz CT molecular complexity index is 413. The molecule has 16 heavy (non-hydrogen) atoms. The van der Waals surface area contributed by atoms with Gasteiger partial charge in [-0.15, -0.1) is 0 Å². The summed E-state index contributed by atoms with van der Waals surface area (Å²) >= 11 is 3.32. The normalized spacial score (nSPS) is 11.7. The fourth-order valence-corrected chi connectivity index (χ4v) is 1.44. The van der Waals surface area contributed by atoms with E-state index in [0.717, 1.165) is 10.2 Å². The standard InChI is InChI=1S/C12H15BrN2O/c1-8(2)9(3)14-15-12(16)10-6-4-5-7-11(10)13/h4-8H,1-3H3,(H,15,16). The first-order valence-corrected chi connectivity index (χ1v) is 5.90. The van der Waals surface area contributed by atoms with Crippen LogP contribution < -0.4 is 5.43 Å². The van der Waals surface area contributed by atoms with Crippen LogP contribution in [0.25, 0.3) is 0 Å². The lowest BCUT2D eigenvalue weighted by molar-refractivity contribution is 0.0954. The minimum absolute atomic E-state index is 0.201. The molecule has 4 heteroatoms. The van der Waals surface area contributed by atoms with Gasteiger partial charge in [-0.25, -0.2) is 5.43 Å². The van der Waals surface area contributed by atoms with Crippen LogP contribution >= 0.6 is 15.9 Å². The SMILES string of the molecule is CC(=NNC(=O)c1ccccc1Br)C(C)C. The predicted molar refractivity (Wildman–Crippen MR) is 69.6 cm³/mol. The van der Waals surface area contributed by atoms with E-state index in [9.17, 15) is 4.79 Å². The number of hydrazone groups is 1. The molecule has 0 atom stereocenters. The van der Waals surface area contributed by atoms with Gasteiger partial charge in [0.1, 0.15) is 0 Å². The van der Waals surface area contributed by atoms with E-state index in [2.05, 4.69) is 26.5 Å². The minimum Gasteiger partial charge on any atom is -0.267 e. The molecule has 0 unspecified atom stereocenters. The summed E-state index contributed by atoms with van der Waals surface area (Å²) in [5, 5.41) is 4.04. The van der Waals surface area contributed by atoms with Crippen molar-refractivity contribution in [1.82, 2.24) is 5.43 Å². The van der Waals surface area contributed by atoms with Gasteiger partial charge in [0, 0.05) is 10.2 Å². The zero-order valence-corrected chi connectivity index (χ0v) is 11.2. The van der Waals surface area contributed by atoms with Crippen molar-refractivity contribution in [2.75, 3.05) is 0 Å². The second kappa shape index (κ2) is 5.80. The number of nitrogens with one attached hydrogen (secondary N) is 1. The van der Waals surface area contributed by atoms with Crippen LogP contribution in [0.15, 0.2) is 33.8 Å². The summed E-state index contributed by atoms with van der Waals surface area (Å²) in [6.45, 7) is 5.96. The minimum atomic E-state index is -0.201. The van der Waals surface area contributed by atoms with Crippen molar-refractivity contribution in [1.29, 1.82) is 0 Å². The van der Waals surface area contributed by atoms with Crippen LogP contribution in [-0.4, -0.2) is 11.6 Å². The third kappa shape index (κ3) is 3.45. The van der Waals surface area contributed by atoms with Gasteiger partial charge in [0.25, 0.3) is 5.91 Å². The molecule has 0 saturated heterocycles. The van der Waals surface area contributed by atoms with Gasteiger partial charge in [0.2, 0.25) is 0 Å². The second-order valence-electron chi connectivity index (χ2n) is 3.83. The summed E-state index contributed by atoms with van der Waals surface area (Å²) in [7, 11) is 0. The Morgan fingerprint density at radius 1 is 1.38 bits per heavy atom. The second-order valence-corrected chi connectivity index (χ2v) is 4.68. The Kier molecular flexibility index (Phi) is 4.68. The van der Waals surface area contributed by atoms with Crippen molar-refractivity contribution < 1.29 is 4.79 Å². The van der Waals surface area contributed by atoms with Crippen molar-refractivity contribution in [3.63, 3.8) is 0 Å². The molecule has 0 aromatic heterocycles. The van der Waals surface area contributed by atoms with Gasteiger partial charge >= 0.3 is 0 Å². The van der Waals surface area contributed by atoms with Crippen molar-refractivity contribution in [2.45, 2.75) is 20.8 Å². The Labute approximate surface area is 104 Å². The summed E-state index contributed by atoms with van der Waals surface area (Å²) < 4.78 is 0.768. The Balaban J connectivity index is 2.74. The van der Waals surface area contributed by atoms with E-state index in [-0.39, 0.29) is 5.91 Å². The zero-order chi connectivity index (χ0) is 12.1. The number of hydrogen-bond acceptors (Lipinski definition) is 2. The average Bonchev–Trinajstić information content (AvgIpc) is 2.25. The molecule has 1 aromatic carbocycles. The van der Waals surface area contributed by atoms with Crippen LogP contribution in [0.3, 0.4) is 0 Å². The highest BCUT2D eigenvalue weighted by atomic mass is 79.9. The van der Waals surface area contributed by atoms with E-state index >= 15 is 0 Å². The first-order valence-electron chi connectivity index (χ1n) is 5.11. The van der Waals surface area contributed by atoms with Crippen molar-refractivity contribution in [3.05, 3.63) is 34.3 Å². The molecule has 0 aliphatic rings. The Hall–Kier alpha value is -1.16. The molecule has 1 N–H and O–H groups in total. The maximum absolute atomic E-state index is 11.7. The highest BCUT2D eigenvalue weighted by molar-refractivity contribution is 9.10.